The van der Waals surface area contributed by atoms with Crippen molar-refractivity contribution in [3.05, 3.63) is 28.4 Å². The van der Waals surface area contributed by atoms with Gasteiger partial charge in [-0.1, -0.05) is 6.92 Å². The Morgan fingerprint density at radius 1 is 1.52 bits per heavy atom. The number of aromatic nitrogens is 1. The Labute approximate surface area is 123 Å². The summed E-state index contributed by atoms with van der Waals surface area (Å²) in [5, 5.41) is 10.9. The van der Waals surface area contributed by atoms with E-state index in [9.17, 15) is 14.9 Å². The number of rotatable bonds is 4. The van der Waals surface area contributed by atoms with Gasteiger partial charge in [-0.2, -0.15) is 0 Å². The van der Waals surface area contributed by atoms with Crippen LogP contribution in [0.25, 0.3) is 0 Å². The van der Waals surface area contributed by atoms with Gasteiger partial charge in [0.1, 0.15) is 6.20 Å². The zero-order valence-corrected chi connectivity index (χ0v) is 12.2. The second-order valence-corrected chi connectivity index (χ2v) is 5.35. The van der Waals surface area contributed by atoms with Crippen molar-refractivity contribution in [2.75, 3.05) is 13.1 Å². The molecule has 1 fully saturated rings. The maximum Gasteiger partial charge on any atom is 0.406 e. The van der Waals surface area contributed by atoms with Crippen LogP contribution in [0.5, 0.6) is 5.75 Å². The predicted molar refractivity (Wildman–Crippen MR) is 76.0 cm³/mol. The molecular weight excluding hydrogens is 274 g/mol. The average molecular weight is 293 g/mol. The number of hydrogen-bond acceptors (Lipinski definition) is 5. The van der Waals surface area contributed by atoms with Gasteiger partial charge in [0.15, 0.2) is 6.10 Å². The molecule has 7 heteroatoms. The lowest BCUT2D eigenvalue weighted by Gasteiger charge is -2.32. The average Bonchev–Trinajstić information content (AvgIpc) is 2.47. The Morgan fingerprint density at radius 2 is 2.19 bits per heavy atom. The van der Waals surface area contributed by atoms with Crippen molar-refractivity contribution in [2.24, 2.45) is 5.92 Å². The molecule has 0 aromatic carbocycles. The number of likely N-dealkylation sites (tertiary alicyclic amines) is 1. The fourth-order valence-corrected chi connectivity index (χ4v) is 2.34. The van der Waals surface area contributed by atoms with Crippen LogP contribution in [0.2, 0.25) is 0 Å². The standard InChI is InChI=1S/C14H19N3O4/c1-10-5-8-16(9-6-10)14(18)11(2)21-12-4-3-7-15-13(12)17(19)20/h3-4,7,10-11H,5-6,8-9H2,1-2H3. The van der Waals surface area contributed by atoms with E-state index < -0.39 is 11.0 Å². The molecule has 1 amide bonds. The number of carbonyl (C=O) groups excluding carboxylic acids is 1. The number of nitrogens with zero attached hydrogens (tertiary/aromatic N) is 3. The zero-order chi connectivity index (χ0) is 15.4. The Hall–Kier alpha value is -2.18. The van der Waals surface area contributed by atoms with Gasteiger partial charge in [0, 0.05) is 13.1 Å². The summed E-state index contributed by atoms with van der Waals surface area (Å²) in [7, 11) is 0. The summed E-state index contributed by atoms with van der Waals surface area (Å²) >= 11 is 0. The van der Waals surface area contributed by atoms with E-state index in [2.05, 4.69) is 11.9 Å². The highest BCUT2D eigenvalue weighted by Gasteiger charge is 2.27. The van der Waals surface area contributed by atoms with Gasteiger partial charge >= 0.3 is 5.82 Å². The van der Waals surface area contributed by atoms with Crippen LogP contribution in [-0.4, -0.2) is 39.9 Å². The second kappa shape index (κ2) is 6.51. The molecule has 114 valence electrons. The number of pyridine rings is 1. The van der Waals surface area contributed by atoms with Gasteiger partial charge in [0.2, 0.25) is 5.75 Å². The van der Waals surface area contributed by atoms with Gasteiger partial charge in [0.25, 0.3) is 5.91 Å². The Balaban J connectivity index is 2.02. The first-order valence-corrected chi connectivity index (χ1v) is 7.04. The molecule has 1 unspecified atom stereocenters. The highest BCUT2D eigenvalue weighted by atomic mass is 16.6. The van der Waals surface area contributed by atoms with Gasteiger partial charge in [-0.3, -0.25) is 4.79 Å². The van der Waals surface area contributed by atoms with Crippen molar-refractivity contribution in [3.8, 4) is 5.75 Å². The van der Waals surface area contributed by atoms with E-state index in [1.54, 1.807) is 17.9 Å². The fraction of sp³-hybridized carbons (Fsp3) is 0.571. The third kappa shape index (κ3) is 3.68. The molecule has 0 saturated carbocycles. The molecule has 2 rings (SSSR count). The van der Waals surface area contributed by atoms with Gasteiger partial charge < -0.3 is 19.8 Å². The first-order chi connectivity index (χ1) is 9.99. The minimum absolute atomic E-state index is 0.0220. The first-order valence-electron chi connectivity index (χ1n) is 7.04. The maximum atomic E-state index is 12.3. The quantitative estimate of drug-likeness (QED) is 0.626. The van der Waals surface area contributed by atoms with Crippen LogP contribution >= 0.6 is 0 Å². The fourth-order valence-electron chi connectivity index (χ4n) is 2.34. The van der Waals surface area contributed by atoms with Crippen LogP contribution < -0.4 is 4.74 Å². The van der Waals surface area contributed by atoms with Gasteiger partial charge in [-0.15, -0.1) is 0 Å². The molecule has 1 saturated heterocycles. The summed E-state index contributed by atoms with van der Waals surface area (Å²) in [6, 6.07) is 3.00. The molecule has 0 aliphatic carbocycles. The molecule has 1 aliphatic rings. The lowest BCUT2D eigenvalue weighted by atomic mass is 9.99. The van der Waals surface area contributed by atoms with E-state index in [0.29, 0.717) is 19.0 Å². The molecule has 0 N–H and O–H groups in total. The van der Waals surface area contributed by atoms with Crippen molar-refractivity contribution in [1.29, 1.82) is 0 Å². The molecule has 1 aromatic heterocycles. The first kappa shape index (κ1) is 15.2. The molecule has 7 nitrogen and oxygen atoms in total. The molecule has 21 heavy (non-hydrogen) atoms. The molecule has 1 atom stereocenters. The highest BCUT2D eigenvalue weighted by Crippen LogP contribution is 2.25. The Bertz CT molecular complexity index is 527. The molecule has 1 aromatic rings. The minimum atomic E-state index is -0.763. The van der Waals surface area contributed by atoms with Crippen molar-refractivity contribution in [1.82, 2.24) is 9.88 Å². The molecule has 0 radical (unpaired) electrons. The number of piperidine rings is 1. The van der Waals surface area contributed by atoms with E-state index in [0.717, 1.165) is 12.8 Å². The summed E-state index contributed by atoms with van der Waals surface area (Å²) in [4.78, 5) is 28.0. The van der Waals surface area contributed by atoms with E-state index >= 15 is 0 Å². The molecule has 2 heterocycles. The largest absolute Gasteiger partial charge is 0.473 e. The number of nitro groups is 1. The van der Waals surface area contributed by atoms with Crippen molar-refractivity contribution >= 4 is 11.7 Å². The highest BCUT2D eigenvalue weighted by molar-refractivity contribution is 5.81. The SMILES string of the molecule is CC1CCN(C(=O)C(C)Oc2cccnc2[N+](=O)[O-])CC1. The number of carbonyl (C=O) groups is 1. The zero-order valence-electron chi connectivity index (χ0n) is 12.2. The van der Waals surface area contributed by atoms with Crippen LogP contribution in [0.4, 0.5) is 5.82 Å². The van der Waals surface area contributed by atoms with Crippen LogP contribution in [0.3, 0.4) is 0 Å². The molecule has 1 aliphatic heterocycles. The van der Waals surface area contributed by atoms with Crippen LogP contribution in [0.15, 0.2) is 18.3 Å². The summed E-state index contributed by atoms with van der Waals surface area (Å²) in [5.41, 5.74) is 0. The number of hydrogen-bond donors (Lipinski definition) is 0. The number of ether oxygens (including phenoxy) is 1. The molecule has 0 spiro atoms. The van der Waals surface area contributed by atoms with E-state index in [1.165, 1.54) is 12.3 Å². The summed E-state index contributed by atoms with van der Waals surface area (Å²) in [6.45, 7) is 5.20. The summed E-state index contributed by atoms with van der Waals surface area (Å²) in [6.07, 6.45) is 2.52. The minimum Gasteiger partial charge on any atom is -0.473 e. The Kier molecular flexibility index (Phi) is 4.72. The van der Waals surface area contributed by atoms with Crippen molar-refractivity contribution in [3.63, 3.8) is 0 Å². The summed E-state index contributed by atoms with van der Waals surface area (Å²) in [5.74, 6) is 0.142. The van der Waals surface area contributed by atoms with Crippen LogP contribution in [0, 0.1) is 16.0 Å². The number of amides is 1. The normalized spacial score (nSPS) is 17.3. The maximum absolute atomic E-state index is 12.3. The van der Waals surface area contributed by atoms with Crippen molar-refractivity contribution < 1.29 is 14.5 Å². The summed E-state index contributed by atoms with van der Waals surface area (Å²) < 4.78 is 5.45. The second-order valence-electron chi connectivity index (χ2n) is 5.35. The van der Waals surface area contributed by atoms with E-state index in [4.69, 9.17) is 4.74 Å². The Morgan fingerprint density at radius 3 is 2.81 bits per heavy atom. The smallest absolute Gasteiger partial charge is 0.406 e. The monoisotopic (exact) mass is 293 g/mol. The third-order valence-corrected chi connectivity index (χ3v) is 3.67. The molecule has 0 bridgehead atoms. The van der Waals surface area contributed by atoms with Gasteiger partial charge in [0.05, 0.1) is 0 Å². The topological polar surface area (TPSA) is 85.6 Å². The predicted octanol–water partition coefficient (Wildman–Crippen LogP) is 2.02. The lowest BCUT2D eigenvalue weighted by Crippen LogP contribution is -2.44. The van der Waals surface area contributed by atoms with E-state index in [1.807, 2.05) is 0 Å². The van der Waals surface area contributed by atoms with E-state index in [-0.39, 0.29) is 17.5 Å². The third-order valence-electron chi connectivity index (χ3n) is 3.67. The van der Waals surface area contributed by atoms with Crippen LogP contribution in [-0.2, 0) is 4.79 Å². The lowest BCUT2D eigenvalue weighted by molar-refractivity contribution is -0.390. The van der Waals surface area contributed by atoms with Crippen molar-refractivity contribution in [2.45, 2.75) is 32.8 Å². The van der Waals surface area contributed by atoms with Gasteiger partial charge in [-0.05, 0) is 47.7 Å². The van der Waals surface area contributed by atoms with Crippen LogP contribution in [0.1, 0.15) is 26.7 Å². The van der Waals surface area contributed by atoms with Gasteiger partial charge in [-0.25, -0.2) is 0 Å². The molecular formula is C14H19N3O4.